The van der Waals surface area contributed by atoms with Crippen LogP contribution in [0.4, 0.5) is 10.3 Å². The van der Waals surface area contributed by atoms with Gasteiger partial charge >= 0.3 is 0 Å². The zero-order chi connectivity index (χ0) is 14.3. The van der Waals surface area contributed by atoms with E-state index in [2.05, 4.69) is 9.97 Å². The van der Waals surface area contributed by atoms with Crippen LogP contribution in [0.2, 0.25) is 0 Å². The summed E-state index contributed by atoms with van der Waals surface area (Å²) >= 11 is 0. The summed E-state index contributed by atoms with van der Waals surface area (Å²) in [5.41, 5.74) is 9.39. The number of nitrogen functional groups attached to an aromatic ring is 1. The molecule has 0 amide bonds. The number of nitrogens with zero attached hydrogens (tertiary/aromatic N) is 3. The van der Waals surface area contributed by atoms with Crippen LogP contribution < -0.4 is 5.73 Å². The summed E-state index contributed by atoms with van der Waals surface area (Å²) < 4.78 is 14.9. The van der Waals surface area contributed by atoms with E-state index in [0.29, 0.717) is 5.95 Å². The molecule has 1 atom stereocenters. The van der Waals surface area contributed by atoms with Gasteiger partial charge < -0.3 is 5.73 Å². The van der Waals surface area contributed by atoms with Crippen LogP contribution >= 0.6 is 0 Å². The fourth-order valence-electron chi connectivity index (χ4n) is 2.36. The Kier molecular flexibility index (Phi) is 2.89. The zero-order valence-electron chi connectivity index (χ0n) is 11.3. The first-order chi connectivity index (χ1) is 9.56. The maximum atomic E-state index is 13.0. The molecule has 0 aliphatic heterocycles. The smallest absolute Gasteiger partial charge is 0.203 e. The molecule has 0 fully saturated rings. The Labute approximate surface area is 116 Å². The molecule has 0 aliphatic carbocycles. The van der Waals surface area contributed by atoms with E-state index in [9.17, 15) is 4.39 Å². The van der Waals surface area contributed by atoms with E-state index in [1.165, 1.54) is 12.1 Å². The number of aromatic nitrogens is 3. The van der Waals surface area contributed by atoms with Crippen molar-refractivity contribution in [3.05, 3.63) is 53.5 Å². The van der Waals surface area contributed by atoms with Gasteiger partial charge in [0, 0.05) is 5.69 Å². The second kappa shape index (κ2) is 4.59. The average molecular weight is 270 g/mol. The molecule has 2 aromatic heterocycles. The van der Waals surface area contributed by atoms with Gasteiger partial charge in [-0.15, -0.1) is 0 Å². The standard InChI is InChI=1S/C15H15FN4/c1-9-3-8-13-14(18-9)20(15(17)19-13)10(2)11-4-6-12(16)7-5-11/h3-8,10H,1-2H3,(H2,17,19). The molecule has 0 radical (unpaired) electrons. The lowest BCUT2D eigenvalue weighted by Gasteiger charge is -2.16. The highest BCUT2D eigenvalue weighted by molar-refractivity contribution is 5.74. The molecule has 102 valence electrons. The number of imidazole rings is 1. The number of hydrogen-bond acceptors (Lipinski definition) is 3. The molecule has 5 heteroatoms. The summed E-state index contributed by atoms with van der Waals surface area (Å²) in [5.74, 6) is 0.160. The molecule has 1 unspecified atom stereocenters. The van der Waals surface area contributed by atoms with Crippen LogP contribution in [0.15, 0.2) is 36.4 Å². The highest BCUT2D eigenvalue weighted by Gasteiger charge is 2.16. The minimum absolute atomic E-state index is 0.0603. The summed E-state index contributed by atoms with van der Waals surface area (Å²) in [4.78, 5) is 8.83. The van der Waals surface area contributed by atoms with Crippen molar-refractivity contribution in [2.24, 2.45) is 0 Å². The average Bonchev–Trinajstić information content (AvgIpc) is 2.74. The van der Waals surface area contributed by atoms with Crippen LogP contribution in [-0.4, -0.2) is 14.5 Å². The van der Waals surface area contributed by atoms with Crippen molar-refractivity contribution < 1.29 is 4.39 Å². The van der Waals surface area contributed by atoms with E-state index in [0.717, 1.165) is 22.4 Å². The molecule has 0 saturated carbocycles. The fraction of sp³-hybridized carbons (Fsp3) is 0.200. The molecular formula is C15H15FN4. The third-order valence-electron chi connectivity index (χ3n) is 3.44. The van der Waals surface area contributed by atoms with Gasteiger partial charge in [-0.1, -0.05) is 12.1 Å². The Balaban J connectivity index is 2.15. The quantitative estimate of drug-likeness (QED) is 0.778. The lowest BCUT2D eigenvalue weighted by Crippen LogP contribution is -2.11. The molecule has 0 saturated heterocycles. The maximum Gasteiger partial charge on any atom is 0.203 e. The Morgan fingerprint density at radius 3 is 2.50 bits per heavy atom. The van der Waals surface area contributed by atoms with Crippen molar-refractivity contribution in [1.82, 2.24) is 14.5 Å². The van der Waals surface area contributed by atoms with E-state index in [-0.39, 0.29) is 11.9 Å². The Morgan fingerprint density at radius 1 is 1.10 bits per heavy atom. The van der Waals surface area contributed by atoms with Gasteiger partial charge in [0.2, 0.25) is 5.95 Å². The maximum absolute atomic E-state index is 13.0. The number of nitrogens with two attached hydrogens (primary N) is 1. The van der Waals surface area contributed by atoms with E-state index < -0.39 is 0 Å². The second-order valence-corrected chi connectivity index (χ2v) is 4.86. The van der Waals surface area contributed by atoms with Crippen LogP contribution in [0, 0.1) is 12.7 Å². The van der Waals surface area contributed by atoms with Gasteiger partial charge in [-0.05, 0) is 43.7 Å². The van der Waals surface area contributed by atoms with Gasteiger partial charge in [-0.25, -0.2) is 14.4 Å². The Bertz CT molecular complexity index is 761. The summed E-state index contributed by atoms with van der Waals surface area (Å²) in [7, 11) is 0. The van der Waals surface area contributed by atoms with E-state index in [4.69, 9.17) is 5.73 Å². The summed E-state index contributed by atoms with van der Waals surface area (Å²) in [6.45, 7) is 3.92. The Morgan fingerprint density at radius 2 is 1.80 bits per heavy atom. The molecule has 2 N–H and O–H groups in total. The van der Waals surface area contributed by atoms with E-state index >= 15 is 0 Å². The lowest BCUT2D eigenvalue weighted by molar-refractivity contribution is 0.620. The SMILES string of the molecule is Cc1ccc2nc(N)n(C(C)c3ccc(F)cc3)c2n1. The molecule has 4 nitrogen and oxygen atoms in total. The second-order valence-electron chi connectivity index (χ2n) is 4.86. The van der Waals surface area contributed by atoms with Crippen molar-refractivity contribution in [3.63, 3.8) is 0 Å². The van der Waals surface area contributed by atoms with E-state index in [1.807, 2.05) is 30.5 Å². The number of aryl methyl sites for hydroxylation is 1. The molecule has 3 rings (SSSR count). The molecule has 20 heavy (non-hydrogen) atoms. The van der Waals surface area contributed by atoms with Crippen LogP contribution in [0.1, 0.15) is 24.2 Å². The minimum atomic E-state index is -0.251. The number of benzene rings is 1. The number of halogens is 1. The van der Waals surface area contributed by atoms with Crippen LogP contribution in [0.5, 0.6) is 0 Å². The number of pyridine rings is 1. The number of fused-ring (bicyclic) bond motifs is 1. The zero-order valence-corrected chi connectivity index (χ0v) is 11.3. The summed E-state index contributed by atoms with van der Waals surface area (Å²) in [5, 5.41) is 0. The topological polar surface area (TPSA) is 56.7 Å². The van der Waals surface area contributed by atoms with Gasteiger partial charge in [0.25, 0.3) is 0 Å². The van der Waals surface area contributed by atoms with Crippen molar-refractivity contribution in [2.75, 3.05) is 5.73 Å². The monoisotopic (exact) mass is 270 g/mol. The third kappa shape index (κ3) is 2.01. The van der Waals surface area contributed by atoms with Crippen LogP contribution in [0.3, 0.4) is 0 Å². The van der Waals surface area contributed by atoms with Crippen molar-refractivity contribution in [2.45, 2.75) is 19.9 Å². The highest BCUT2D eigenvalue weighted by Crippen LogP contribution is 2.26. The first-order valence-corrected chi connectivity index (χ1v) is 6.43. The lowest BCUT2D eigenvalue weighted by atomic mass is 10.1. The minimum Gasteiger partial charge on any atom is -0.369 e. The van der Waals surface area contributed by atoms with Gasteiger partial charge in [-0.2, -0.15) is 0 Å². The highest BCUT2D eigenvalue weighted by atomic mass is 19.1. The fourth-order valence-corrected chi connectivity index (χ4v) is 2.36. The molecular weight excluding hydrogens is 255 g/mol. The molecule has 0 aliphatic rings. The normalized spacial score (nSPS) is 12.8. The van der Waals surface area contributed by atoms with Crippen molar-refractivity contribution in [1.29, 1.82) is 0 Å². The predicted molar refractivity (Wildman–Crippen MR) is 76.9 cm³/mol. The molecule has 3 aromatic rings. The van der Waals surface area contributed by atoms with Crippen LogP contribution in [-0.2, 0) is 0 Å². The van der Waals surface area contributed by atoms with Gasteiger partial charge in [0.05, 0.1) is 6.04 Å². The summed E-state index contributed by atoms with van der Waals surface area (Å²) in [6, 6.07) is 10.1. The first kappa shape index (κ1) is 12.6. The molecule has 1 aromatic carbocycles. The molecule has 0 spiro atoms. The number of hydrogen-bond donors (Lipinski definition) is 1. The number of anilines is 1. The number of rotatable bonds is 2. The molecule has 2 heterocycles. The largest absolute Gasteiger partial charge is 0.369 e. The van der Waals surface area contributed by atoms with E-state index in [1.54, 1.807) is 12.1 Å². The van der Waals surface area contributed by atoms with Crippen molar-refractivity contribution >= 4 is 17.1 Å². The predicted octanol–water partition coefficient (Wildman–Crippen LogP) is 3.07. The van der Waals surface area contributed by atoms with Gasteiger partial charge in [-0.3, -0.25) is 4.57 Å². The van der Waals surface area contributed by atoms with Gasteiger partial charge in [0.1, 0.15) is 11.3 Å². The summed E-state index contributed by atoms with van der Waals surface area (Å²) in [6.07, 6.45) is 0. The Hall–Kier alpha value is -2.43. The van der Waals surface area contributed by atoms with Gasteiger partial charge in [0.15, 0.2) is 5.65 Å². The van der Waals surface area contributed by atoms with Crippen LogP contribution in [0.25, 0.3) is 11.2 Å². The van der Waals surface area contributed by atoms with Crippen molar-refractivity contribution in [3.8, 4) is 0 Å². The first-order valence-electron chi connectivity index (χ1n) is 6.43. The third-order valence-corrected chi connectivity index (χ3v) is 3.44. The molecule has 0 bridgehead atoms.